The highest BCUT2D eigenvalue weighted by Gasteiger charge is 2.09. The molecular formula is C15H18IN3O2. The van der Waals surface area contributed by atoms with Crippen molar-refractivity contribution in [2.45, 2.75) is 13.8 Å². The number of hydrazine groups is 1. The molecule has 6 heteroatoms. The summed E-state index contributed by atoms with van der Waals surface area (Å²) in [6.07, 6.45) is 5.24. The maximum Gasteiger partial charge on any atom is 0.269 e. The zero-order valence-electron chi connectivity index (χ0n) is 11.9. The number of hydrogen-bond acceptors (Lipinski definition) is 3. The highest BCUT2D eigenvalue weighted by atomic mass is 127. The minimum atomic E-state index is -0.414. The van der Waals surface area contributed by atoms with Crippen molar-refractivity contribution in [3.63, 3.8) is 0 Å². The van der Waals surface area contributed by atoms with Crippen molar-refractivity contribution < 1.29 is 9.59 Å². The Morgan fingerprint density at radius 2 is 2.05 bits per heavy atom. The lowest BCUT2D eigenvalue weighted by Gasteiger charge is -2.09. The van der Waals surface area contributed by atoms with Gasteiger partial charge in [-0.05, 0) is 31.5 Å². The molecule has 0 radical (unpaired) electrons. The number of nitrogen functional groups attached to an aromatic ring is 1. The van der Waals surface area contributed by atoms with E-state index in [1.165, 1.54) is 0 Å². The fourth-order valence-corrected chi connectivity index (χ4v) is 1.77. The molecule has 0 bridgehead atoms. The molecule has 0 unspecified atom stereocenters. The minimum Gasteiger partial charge on any atom is -0.398 e. The first-order valence-corrected chi connectivity index (χ1v) is 7.87. The molecule has 2 amide bonds. The van der Waals surface area contributed by atoms with Gasteiger partial charge in [-0.25, -0.2) is 0 Å². The maximum absolute atomic E-state index is 11.9. The molecule has 1 aromatic carbocycles. The molecule has 21 heavy (non-hydrogen) atoms. The van der Waals surface area contributed by atoms with Crippen LogP contribution in [0.5, 0.6) is 0 Å². The van der Waals surface area contributed by atoms with E-state index in [9.17, 15) is 9.59 Å². The van der Waals surface area contributed by atoms with Gasteiger partial charge >= 0.3 is 0 Å². The molecule has 1 aromatic rings. The maximum atomic E-state index is 11.9. The number of carbonyl (C=O) groups excluding carboxylic acids is 2. The third-order valence-corrected chi connectivity index (χ3v) is 3.30. The first kappa shape index (κ1) is 17.2. The number of hydrogen-bond donors (Lipinski definition) is 3. The second kappa shape index (κ2) is 8.46. The predicted molar refractivity (Wildman–Crippen MR) is 93.0 cm³/mol. The number of anilines is 1. The Bertz CT molecular complexity index is 595. The van der Waals surface area contributed by atoms with Gasteiger partial charge in [-0.2, -0.15) is 0 Å². The molecule has 0 saturated carbocycles. The number of nitrogens with two attached hydrogens (primary N) is 1. The molecule has 0 aliphatic heterocycles. The lowest BCUT2D eigenvalue weighted by molar-refractivity contribution is -0.117. The van der Waals surface area contributed by atoms with Crippen LogP contribution < -0.4 is 16.6 Å². The third-order valence-electron chi connectivity index (χ3n) is 2.79. The minimum absolute atomic E-state index is 0.368. The first-order valence-electron chi connectivity index (χ1n) is 6.35. The molecule has 5 nitrogen and oxygen atoms in total. The molecule has 0 aliphatic carbocycles. The van der Waals surface area contributed by atoms with Crippen LogP contribution in [0.15, 0.2) is 42.0 Å². The molecule has 0 aliphatic rings. The number of amides is 2. The Labute approximate surface area is 137 Å². The van der Waals surface area contributed by atoms with E-state index in [4.69, 9.17) is 5.73 Å². The Hall–Kier alpha value is -1.83. The zero-order valence-corrected chi connectivity index (χ0v) is 14.1. The number of aryl methyl sites for hydroxylation is 1. The average molecular weight is 399 g/mol. The molecule has 0 atom stereocenters. The molecule has 0 fully saturated rings. The van der Waals surface area contributed by atoms with Crippen molar-refractivity contribution in [1.82, 2.24) is 10.9 Å². The second-order valence-electron chi connectivity index (χ2n) is 4.28. The molecule has 4 N–H and O–H groups in total. The topological polar surface area (TPSA) is 84.2 Å². The van der Waals surface area contributed by atoms with Crippen molar-refractivity contribution >= 4 is 40.1 Å². The lowest BCUT2D eigenvalue weighted by Crippen LogP contribution is -2.42. The van der Waals surface area contributed by atoms with Gasteiger partial charge in [0.1, 0.15) is 0 Å². The number of rotatable bonds is 4. The molecular weight excluding hydrogens is 381 g/mol. The van der Waals surface area contributed by atoms with Crippen LogP contribution in [0.1, 0.15) is 22.8 Å². The summed E-state index contributed by atoms with van der Waals surface area (Å²) in [6.45, 7) is 3.62. The van der Waals surface area contributed by atoms with Crippen LogP contribution >= 0.6 is 22.6 Å². The number of alkyl halides is 1. The van der Waals surface area contributed by atoms with Crippen molar-refractivity contribution in [3.8, 4) is 0 Å². The molecule has 0 heterocycles. The monoisotopic (exact) mass is 399 g/mol. The van der Waals surface area contributed by atoms with E-state index in [1.54, 1.807) is 37.3 Å². The first-order chi connectivity index (χ1) is 9.99. The molecule has 0 spiro atoms. The van der Waals surface area contributed by atoms with E-state index in [2.05, 4.69) is 33.4 Å². The van der Waals surface area contributed by atoms with Crippen LogP contribution in [-0.2, 0) is 4.79 Å². The van der Waals surface area contributed by atoms with E-state index in [-0.39, 0.29) is 5.91 Å². The summed E-state index contributed by atoms with van der Waals surface area (Å²) in [7, 11) is 0. The van der Waals surface area contributed by atoms with Crippen LogP contribution in [0.4, 0.5) is 5.69 Å². The van der Waals surface area contributed by atoms with Gasteiger partial charge in [-0.1, -0.05) is 46.9 Å². The van der Waals surface area contributed by atoms with Gasteiger partial charge in [0.05, 0.1) is 0 Å². The molecule has 0 aromatic heterocycles. The second-order valence-corrected chi connectivity index (χ2v) is 5.16. The van der Waals surface area contributed by atoms with E-state index in [1.807, 2.05) is 13.0 Å². The summed E-state index contributed by atoms with van der Waals surface area (Å²) >= 11 is 2.18. The van der Waals surface area contributed by atoms with E-state index < -0.39 is 5.91 Å². The van der Waals surface area contributed by atoms with Gasteiger partial charge < -0.3 is 5.73 Å². The highest BCUT2D eigenvalue weighted by Crippen LogP contribution is 2.12. The van der Waals surface area contributed by atoms with Gasteiger partial charge in [-0.3, -0.25) is 20.4 Å². The molecule has 112 valence electrons. The van der Waals surface area contributed by atoms with E-state index >= 15 is 0 Å². The highest BCUT2D eigenvalue weighted by molar-refractivity contribution is 14.1. The van der Waals surface area contributed by atoms with E-state index in [0.29, 0.717) is 16.8 Å². The van der Waals surface area contributed by atoms with Crippen LogP contribution in [0.3, 0.4) is 0 Å². The van der Waals surface area contributed by atoms with Crippen molar-refractivity contribution in [2.75, 3.05) is 10.2 Å². The molecule has 0 saturated heterocycles. The van der Waals surface area contributed by atoms with E-state index in [0.717, 1.165) is 9.99 Å². The zero-order chi connectivity index (χ0) is 15.8. The van der Waals surface area contributed by atoms with Crippen molar-refractivity contribution in [2.24, 2.45) is 0 Å². The summed E-state index contributed by atoms with van der Waals surface area (Å²) in [5, 5.41) is 0. The Morgan fingerprint density at radius 3 is 2.62 bits per heavy atom. The van der Waals surface area contributed by atoms with Gasteiger partial charge in [0.25, 0.3) is 11.8 Å². The van der Waals surface area contributed by atoms with Gasteiger partial charge in [-0.15, -0.1) is 0 Å². The largest absolute Gasteiger partial charge is 0.398 e. The Morgan fingerprint density at radius 1 is 1.33 bits per heavy atom. The lowest BCUT2D eigenvalue weighted by atomic mass is 10.1. The smallest absolute Gasteiger partial charge is 0.269 e. The Balaban J connectivity index is 2.65. The number of halogens is 1. The normalized spacial score (nSPS) is 11.5. The quantitative estimate of drug-likeness (QED) is 0.181. The predicted octanol–water partition coefficient (Wildman–Crippen LogP) is 2.28. The number of carbonyl (C=O) groups is 2. The van der Waals surface area contributed by atoms with Crippen molar-refractivity contribution in [3.05, 3.63) is 53.1 Å². The summed E-state index contributed by atoms with van der Waals surface area (Å²) in [6, 6.07) is 4.98. The summed E-state index contributed by atoms with van der Waals surface area (Å²) < 4.78 is 0.803. The standard InChI is InChI=1S/C15H18IN3O2/c1-3-11(5-4-8-16)14(20)18-19-15(21)12-7-6-10(2)13(17)9-12/h3-7,9H,8,17H2,1-2H3,(H,18,20)(H,19,21)/b5-4-,11-3+. The average Bonchev–Trinajstić information content (AvgIpc) is 2.48. The van der Waals surface area contributed by atoms with Crippen LogP contribution in [0.2, 0.25) is 0 Å². The summed E-state index contributed by atoms with van der Waals surface area (Å²) in [5.41, 5.74) is 12.8. The fourth-order valence-electron chi connectivity index (χ4n) is 1.51. The summed E-state index contributed by atoms with van der Waals surface area (Å²) in [5.74, 6) is -0.782. The molecule has 1 rings (SSSR count). The van der Waals surface area contributed by atoms with Gasteiger partial charge in [0.15, 0.2) is 0 Å². The van der Waals surface area contributed by atoms with Crippen molar-refractivity contribution in [1.29, 1.82) is 0 Å². The number of nitrogens with one attached hydrogen (secondary N) is 2. The number of allylic oxidation sites excluding steroid dienone is 2. The number of benzene rings is 1. The SMILES string of the molecule is C/C=C(\C=C/CI)C(=O)NNC(=O)c1ccc(C)c(N)c1. The van der Waals surface area contributed by atoms with Crippen LogP contribution in [0, 0.1) is 6.92 Å². The third kappa shape index (κ3) is 5.22. The van der Waals surface area contributed by atoms with Gasteiger partial charge in [0.2, 0.25) is 0 Å². The Kier molecular flexibility index (Phi) is 6.93. The fraction of sp³-hybridized carbons (Fsp3) is 0.200. The van der Waals surface area contributed by atoms with Gasteiger partial charge in [0, 0.05) is 21.3 Å². The van der Waals surface area contributed by atoms with Crippen LogP contribution in [-0.4, -0.2) is 16.2 Å². The summed E-state index contributed by atoms with van der Waals surface area (Å²) in [4.78, 5) is 23.8. The van der Waals surface area contributed by atoms with Crippen LogP contribution in [0.25, 0.3) is 0 Å².